The van der Waals surface area contributed by atoms with Gasteiger partial charge in [-0.2, -0.15) is 0 Å². The first-order valence-corrected chi connectivity index (χ1v) is 6.55. The first-order valence-electron chi connectivity index (χ1n) is 4.89. The van der Waals surface area contributed by atoms with Crippen molar-refractivity contribution in [2.45, 2.75) is 18.8 Å². The predicted molar refractivity (Wildman–Crippen MR) is 58.7 cm³/mol. The summed E-state index contributed by atoms with van der Waals surface area (Å²) in [5, 5.41) is 8.92. The third-order valence-electron chi connectivity index (χ3n) is 1.96. The van der Waals surface area contributed by atoms with E-state index in [-0.39, 0.29) is 12.1 Å². The number of halogens is 2. The number of hydrogen-bond acceptors (Lipinski definition) is 3. The molecule has 1 rings (SSSR count). The molecule has 0 bridgehead atoms. The van der Waals surface area contributed by atoms with Crippen LogP contribution in [0.1, 0.15) is 12.5 Å². The Kier molecular flexibility index (Phi) is 4.55. The van der Waals surface area contributed by atoms with Crippen LogP contribution >= 0.6 is 0 Å². The van der Waals surface area contributed by atoms with Crippen LogP contribution in [0.2, 0.25) is 0 Å². The maximum absolute atomic E-state index is 13.2. The van der Waals surface area contributed by atoms with Gasteiger partial charge in [-0.3, -0.25) is 0 Å². The zero-order valence-corrected chi connectivity index (χ0v) is 9.97. The van der Waals surface area contributed by atoms with Gasteiger partial charge in [0, 0.05) is 18.2 Å². The second-order valence-electron chi connectivity index (χ2n) is 3.69. The van der Waals surface area contributed by atoms with Crippen molar-refractivity contribution in [2.75, 3.05) is 6.54 Å². The van der Waals surface area contributed by atoms with Gasteiger partial charge in [0.15, 0.2) is 0 Å². The van der Waals surface area contributed by atoms with Crippen molar-refractivity contribution in [1.29, 1.82) is 0 Å². The number of rotatable bonds is 5. The number of benzene rings is 1. The lowest BCUT2D eigenvalue weighted by Crippen LogP contribution is -2.31. The normalized spacial score (nSPS) is 13.6. The van der Waals surface area contributed by atoms with Crippen LogP contribution in [0.25, 0.3) is 0 Å². The van der Waals surface area contributed by atoms with Crippen molar-refractivity contribution in [3.05, 3.63) is 35.4 Å². The van der Waals surface area contributed by atoms with Gasteiger partial charge in [0.25, 0.3) is 0 Å². The second kappa shape index (κ2) is 5.52. The molecule has 0 saturated carbocycles. The number of aliphatic hydroxyl groups excluding tert-OH is 1. The molecular formula is C10H13F2NO3S. The summed E-state index contributed by atoms with van der Waals surface area (Å²) in [6.45, 7) is 1.27. The van der Waals surface area contributed by atoms with E-state index in [1.807, 2.05) is 0 Å². The average molecular weight is 265 g/mol. The molecule has 0 saturated heterocycles. The Morgan fingerprint density at radius 3 is 2.59 bits per heavy atom. The van der Waals surface area contributed by atoms with Crippen LogP contribution < -0.4 is 4.72 Å². The van der Waals surface area contributed by atoms with Crippen molar-refractivity contribution in [2.24, 2.45) is 0 Å². The van der Waals surface area contributed by atoms with Crippen LogP contribution in [-0.4, -0.2) is 26.2 Å². The molecule has 0 amide bonds. The lowest BCUT2D eigenvalue weighted by Gasteiger charge is -2.08. The Hall–Kier alpha value is -1.05. The largest absolute Gasteiger partial charge is 0.392 e. The van der Waals surface area contributed by atoms with Gasteiger partial charge in [-0.05, 0) is 13.0 Å². The molecule has 0 radical (unpaired) electrons. The number of sulfonamides is 1. The maximum Gasteiger partial charge on any atom is 0.215 e. The third-order valence-corrected chi connectivity index (χ3v) is 3.26. The minimum absolute atomic E-state index is 0.121. The van der Waals surface area contributed by atoms with Gasteiger partial charge in [-0.15, -0.1) is 0 Å². The summed E-state index contributed by atoms with van der Waals surface area (Å²) in [5.74, 6) is -2.26. The molecule has 0 unspecified atom stereocenters. The summed E-state index contributed by atoms with van der Waals surface area (Å²) < 4.78 is 50.8. The van der Waals surface area contributed by atoms with E-state index >= 15 is 0 Å². The molecule has 0 aliphatic heterocycles. The lowest BCUT2D eigenvalue weighted by atomic mass is 10.2. The SMILES string of the molecule is C[C@H](O)CNS(=O)(=O)Cc1ccc(F)cc1F. The van der Waals surface area contributed by atoms with E-state index in [4.69, 9.17) is 5.11 Å². The van der Waals surface area contributed by atoms with Gasteiger partial charge < -0.3 is 5.11 Å². The molecule has 0 heterocycles. The van der Waals surface area contributed by atoms with E-state index < -0.39 is 33.5 Å². The molecule has 0 aliphatic rings. The van der Waals surface area contributed by atoms with Gasteiger partial charge >= 0.3 is 0 Å². The van der Waals surface area contributed by atoms with Crippen LogP contribution in [0, 0.1) is 11.6 Å². The molecule has 96 valence electrons. The molecule has 2 N–H and O–H groups in total. The summed E-state index contributed by atoms with van der Waals surface area (Å²) >= 11 is 0. The lowest BCUT2D eigenvalue weighted by molar-refractivity contribution is 0.198. The fourth-order valence-corrected chi connectivity index (χ4v) is 2.38. The fraction of sp³-hybridized carbons (Fsp3) is 0.400. The molecule has 17 heavy (non-hydrogen) atoms. The highest BCUT2D eigenvalue weighted by molar-refractivity contribution is 7.88. The second-order valence-corrected chi connectivity index (χ2v) is 5.50. The molecule has 0 aliphatic carbocycles. The van der Waals surface area contributed by atoms with E-state index in [9.17, 15) is 17.2 Å². The monoisotopic (exact) mass is 265 g/mol. The molecule has 0 spiro atoms. The Morgan fingerprint density at radius 2 is 2.06 bits per heavy atom. The average Bonchev–Trinajstić information content (AvgIpc) is 2.20. The minimum atomic E-state index is -3.74. The van der Waals surface area contributed by atoms with E-state index in [1.165, 1.54) is 6.92 Å². The van der Waals surface area contributed by atoms with E-state index in [2.05, 4.69) is 4.72 Å². The smallest absolute Gasteiger partial charge is 0.215 e. The molecular weight excluding hydrogens is 252 g/mol. The van der Waals surface area contributed by atoms with Crippen molar-refractivity contribution < 1.29 is 22.3 Å². The maximum atomic E-state index is 13.2. The molecule has 4 nitrogen and oxygen atoms in total. The molecule has 0 aromatic heterocycles. The summed E-state index contributed by atoms with van der Waals surface area (Å²) in [6, 6.07) is 2.69. The van der Waals surface area contributed by atoms with E-state index in [0.29, 0.717) is 6.07 Å². The van der Waals surface area contributed by atoms with Crippen molar-refractivity contribution in [3.8, 4) is 0 Å². The highest BCUT2D eigenvalue weighted by Gasteiger charge is 2.15. The van der Waals surface area contributed by atoms with Crippen molar-refractivity contribution in [1.82, 2.24) is 4.72 Å². The van der Waals surface area contributed by atoms with Crippen LogP contribution in [0.4, 0.5) is 8.78 Å². The molecule has 1 aromatic rings. The van der Waals surface area contributed by atoms with Gasteiger partial charge in [0.1, 0.15) is 11.6 Å². The molecule has 1 atom stereocenters. The highest BCUT2D eigenvalue weighted by atomic mass is 32.2. The Morgan fingerprint density at radius 1 is 1.41 bits per heavy atom. The molecule has 7 heteroatoms. The van der Waals surface area contributed by atoms with Gasteiger partial charge in [0.05, 0.1) is 11.9 Å². The van der Waals surface area contributed by atoms with Crippen LogP contribution in [0.3, 0.4) is 0 Å². The van der Waals surface area contributed by atoms with Gasteiger partial charge in [0.2, 0.25) is 10.0 Å². The van der Waals surface area contributed by atoms with Gasteiger partial charge in [-0.25, -0.2) is 21.9 Å². The van der Waals surface area contributed by atoms with Crippen LogP contribution in [-0.2, 0) is 15.8 Å². The van der Waals surface area contributed by atoms with Crippen molar-refractivity contribution in [3.63, 3.8) is 0 Å². The summed E-state index contributed by atoms with van der Waals surface area (Å²) in [7, 11) is -3.74. The van der Waals surface area contributed by atoms with Crippen molar-refractivity contribution >= 4 is 10.0 Å². The molecule has 0 fully saturated rings. The Balaban J connectivity index is 2.76. The Labute approximate surface area is 98.3 Å². The highest BCUT2D eigenvalue weighted by Crippen LogP contribution is 2.12. The quantitative estimate of drug-likeness (QED) is 0.826. The first kappa shape index (κ1) is 14.0. The van der Waals surface area contributed by atoms with Crippen LogP contribution in [0.5, 0.6) is 0 Å². The van der Waals surface area contributed by atoms with E-state index in [0.717, 1.165) is 12.1 Å². The molecule has 1 aromatic carbocycles. The number of aliphatic hydroxyl groups is 1. The summed E-state index contributed by atoms with van der Waals surface area (Å²) in [6.07, 6.45) is -0.831. The first-order chi connectivity index (χ1) is 7.80. The zero-order chi connectivity index (χ0) is 13.1. The number of nitrogens with one attached hydrogen (secondary N) is 1. The topological polar surface area (TPSA) is 66.4 Å². The summed E-state index contributed by atoms with van der Waals surface area (Å²) in [5.41, 5.74) is -0.121. The standard InChI is InChI=1S/C10H13F2NO3S/c1-7(14)5-13-17(15,16)6-8-2-3-9(11)4-10(8)12/h2-4,7,13-14H,5-6H2,1H3/t7-/m0/s1. The summed E-state index contributed by atoms with van der Waals surface area (Å²) in [4.78, 5) is 0. The predicted octanol–water partition coefficient (Wildman–Crippen LogP) is 0.765. The van der Waals surface area contributed by atoms with E-state index in [1.54, 1.807) is 0 Å². The minimum Gasteiger partial charge on any atom is -0.392 e. The third kappa shape index (κ3) is 4.76. The Bertz CT molecular complexity index is 488. The van der Waals surface area contributed by atoms with Gasteiger partial charge in [-0.1, -0.05) is 6.07 Å². The zero-order valence-electron chi connectivity index (χ0n) is 9.15. The van der Waals surface area contributed by atoms with Crippen LogP contribution in [0.15, 0.2) is 18.2 Å². The fourth-order valence-electron chi connectivity index (χ4n) is 1.14. The number of hydrogen-bond donors (Lipinski definition) is 2.